The molecular formula is C11H19ClN6. The molecule has 0 aromatic carbocycles. The van der Waals surface area contributed by atoms with Crippen molar-refractivity contribution in [2.75, 3.05) is 51.3 Å². The summed E-state index contributed by atoms with van der Waals surface area (Å²) in [5.74, 6) is 0.608. The van der Waals surface area contributed by atoms with Crippen LogP contribution in [0.4, 0.5) is 11.5 Å². The zero-order valence-electron chi connectivity index (χ0n) is 10.7. The third-order valence-electron chi connectivity index (χ3n) is 3.32. The van der Waals surface area contributed by atoms with Gasteiger partial charge in [-0.25, -0.2) is 9.97 Å². The van der Waals surface area contributed by atoms with Crippen molar-refractivity contribution in [2.45, 2.75) is 6.04 Å². The molecule has 2 rings (SSSR count). The fraction of sp³-hybridized carbons (Fsp3) is 0.636. The van der Waals surface area contributed by atoms with Crippen LogP contribution in [0.1, 0.15) is 0 Å². The predicted octanol–water partition coefficient (Wildman–Crippen LogP) is 0.370. The quantitative estimate of drug-likeness (QED) is 0.774. The summed E-state index contributed by atoms with van der Waals surface area (Å²) in [5.41, 5.74) is 6.23. The molecule has 1 atom stereocenters. The fourth-order valence-electron chi connectivity index (χ4n) is 2.05. The summed E-state index contributed by atoms with van der Waals surface area (Å²) in [6.45, 7) is 4.00. The first kappa shape index (κ1) is 13.3. The van der Waals surface area contributed by atoms with Gasteiger partial charge in [0.05, 0.1) is 0 Å². The molecule has 2 heterocycles. The van der Waals surface area contributed by atoms with Crippen LogP contribution >= 0.6 is 11.6 Å². The van der Waals surface area contributed by atoms with Crippen molar-refractivity contribution in [3.05, 3.63) is 11.5 Å². The third-order valence-corrected chi connectivity index (χ3v) is 3.62. The van der Waals surface area contributed by atoms with E-state index in [0.717, 1.165) is 26.2 Å². The molecule has 0 bridgehead atoms. The Bertz CT molecular complexity index is 413. The van der Waals surface area contributed by atoms with Gasteiger partial charge >= 0.3 is 0 Å². The summed E-state index contributed by atoms with van der Waals surface area (Å²) in [6.07, 6.45) is 1.41. The minimum atomic E-state index is 0.293. The van der Waals surface area contributed by atoms with Crippen LogP contribution in [0.2, 0.25) is 5.15 Å². The van der Waals surface area contributed by atoms with Gasteiger partial charge in [0.1, 0.15) is 12.0 Å². The Labute approximate surface area is 112 Å². The lowest BCUT2D eigenvalue weighted by molar-refractivity contribution is 0.122. The summed E-state index contributed by atoms with van der Waals surface area (Å²) < 4.78 is 0. The lowest BCUT2D eigenvalue weighted by atomic mass is 10.2. The lowest BCUT2D eigenvalue weighted by Gasteiger charge is -2.37. The van der Waals surface area contributed by atoms with E-state index in [1.54, 1.807) is 0 Å². The Morgan fingerprint density at radius 2 is 2.22 bits per heavy atom. The van der Waals surface area contributed by atoms with Crippen molar-refractivity contribution < 1.29 is 0 Å². The maximum atomic E-state index is 5.85. The lowest BCUT2D eigenvalue weighted by Crippen LogP contribution is -2.52. The van der Waals surface area contributed by atoms with Crippen molar-refractivity contribution in [3.63, 3.8) is 0 Å². The SMILES string of the molecule is CN1CCN(C)C(CNc2ncnc(Cl)c2N)C1. The average Bonchev–Trinajstić information content (AvgIpc) is 2.35. The first-order valence-corrected chi connectivity index (χ1v) is 6.34. The molecule has 1 unspecified atom stereocenters. The Hall–Kier alpha value is -1.11. The molecule has 1 aromatic rings. The molecule has 6 nitrogen and oxygen atoms in total. The highest BCUT2D eigenvalue weighted by molar-refractivity contribution is 6.32. The van der Waals surface area contributed by atoms with E-state index in [1.165, 1.54) is 6.33 Å². The second kappa shape index (κ2) is 5.69. The van der Waals surface area contributed by atoms with Gasteiger partial charge in [0, 0.05) is 32.2 Å². The molecule has 1 saturated heterocycles. The summed E-state index contributed by atoms with van der Waals surface area (Å²) >= 11 is 5.85. The standard InChI is InChI=1S/C11H19ClN6/c1-17-3-4-18(2)8(6-17)5-14-11-9(13)10(12)15-7-16-11/h7-8H,3-6,13H2,1-2H3,(H,14,15,16). The van der Waals surface area contributed by atoms with Crippen LogP contribution < -0.4 is 11.1 Å². The number of anilines is 2. The van der Waals surface area contributed by atoms with Crippen LogP contribution in [0.5, 0.6) is 0 Å². The Morgan fingerprint density at radius 1 is 1.44 bits per heavy atom. The highest BCUT2D eigenvalue weighted by Crippen LogP contribution is 2.22. The maximum absolute atomic E-state index is 5.85. The van der Waals surface area contributed by atoms with Gasteiger partial charge in [-0.15, -0.1) is 0 Å². The topological polar surface area (TPSA) is 70.3 Å². The predicted molar refractivity (Wildman–Crippen MR) is 73.9 cm³/mol. The summed E-state index contributed by atoms with van der Waals surface area (Å²) in [7, 11) is 4.27. The van der Waals surface area contributed by atoms with Gasteiger partial charge in [0.2, 0.25) is 0 Å². The molecule has 100 valence electrons. The highest BCUT2D eigenvalue weighted by Gasteiger charge is 2.22. The van der Waals surface area contributed by atoms with Gasteiger partial charge in [0.25, 0.3) is 0 Å². The Balaban J connectivity index is 1.96. The van der Waals surface area contributed by atoms with E-state index in [4.69, 9.17) is 17.3 Å². The number of nitrogens with one attached hydrogen (secondary N) is 1. The number of nitrogens with zero attached hydrogens (tertiary/aromatic N) is 4. The molecule has 0 radical (unpaired) electrons. The number of rotatable bonds is 3. The van der Waals surface area contributed by atoms with E-state index in [1.807, 2.05) is 0 Å². The molecular weight excluding hydrogens is 252 g/mol. The largest absolute Gasteiger partial charge is 0.393 e. The number of hydrogen-bond donors (Lipinski definition) is 2. The smallest absolute Gasteiger partial charge is 0.157 e. The van der Waals surface area contributed by atoms with Gasteiger partial charge < -0.3 is 16.0 Å². The van der Waals surface area contributed by atoms with E-state index < -0.39 is 0 Å². The number of piperazine rings is 1. The average molecular weight is 271 g/mol. The van der Waals surface area contributed by atoms with Crippen molar-refractivity contribution in [1.82, 2.24) is 19.8 Å². The van der Waals surface area contributed by atoms with Crippen molar-refractivity contribution in [2.24, 2.45) is 0 Å². The zero-order chi connectivity index (χ0) is 13.1. The monoisotopic (exact) mass is 270 g/mol. The highest BCUT2D eigenvalue weighted by atomic mass is 35.5. The molecule has 1 fully saturated rings. The van der Waals surface area contributed by atoms with Crippen LogP contribution in [0.3, 0.4) is 0 Å². The Morgan fingerprint density at radius 3 is 3.00 bits per heavy atom. The summed E-state index contributed by atoms with van der Waals surface area (Å²) in [6, 6.07) is 0.442. The van der Waals surface area contributed by atoms with E-state index in [9.17, 15) is 0 Å². The van der Waals surface area contributed by atoms with Gasteiger partial charge in [-0.2, -0.15) is 0 Å². The van der Waals surface area contributed by atoms with E-state index in [-0.39, 0.29) is 0 Å². The minimum Gasteiger partial charge on any atom is -0.393 e. The van der Waals surface area contributed by atoms with Crippen LogP contribution in [-0.4, -0.2) is 66.1 Å². The second-order valence-electron chi connectivity index (χ2n) is 4.70. The first-order chi connectivity index (χ1) is 8.58. The minimum absolute atomic E-state index is 0.293. The van der Waals surface area contributed by atoms with E-state index in [2.05, 4.69) is 39.2 Å². The molecule has 18 heavy (non-hydrogen) atoms. The maximum Gasteiger partial charge on any atom is 0.157 e. The molecule has 0 spiro atoms. The molecule has 3 N–H and O–H groups in total. The molecule has 7 heteroatoms. The second-order valence-corrected chi connectivity index (χ2v) is 5.06. The molecule has 1 aromatic heterocycles. The summed E-state index contributed by atoms with van der Waals surface area (Å²) in [5, 5.41) is 3.54. The molecule has 1 aliphatic rings. The number of likely N-dealkylation sites (N-methyl/N-ethyl adjacent to an activating group) is 2. The third kappa shape index (κ3) is 3.01. The van der Waals surface area contributed by atoms with Gasteiger partial charge in [-0.3, -0.25) is 4.90 Å². The number of hydrogen-bond acceptors (Lipinski definition) is 6. The Kier molecular flexibility index (Phi) is 4.21. The van der Waals surface area contributed by atoms with Gasteiger partial charge in [-0.1, -0.05) is 11.6 Å². The van der Waals surface area contributed by atoms with Crippen molar-refractivity contribution in [3.8, 4) is 0 Å². The van der Waals surface area contributed by atoms with E-state index >= 15 is 0 Å². The van der Waals surface area contributed by atoms with Crippen LogP contribution in [0.15, 0.2) is 6.33 Å². The number of nitrogen functional groups attached to an aromatic ring is 1. The van der Waals surface area contributed by atoms with E-state index in [0.29, 0.717) is 22.7 Å². The number of nitrogens with two attached hydrogens (primary N) is 1. The normalized spacial score (nSPS) is 22.1. The first-order valence-electron chi connectivity index (χ1n) is 5.96. The molecule has 0 aliphatic carbocycles. The fourth-order valence-corrected chi connectivity index (χ4v) is 2.18. The van der Waals surface area contributed by atoms with Crippen molar-refractivity contribution >= 4 is 23.1 Å². The molecule has 1 aliphatic heterocycles. The van der Waals surface area contributed by atoms with Crippen LogP contribution in [0.25, 0.3) is 0 Å². The zero-order valence-corrected chi connectivity index (χ0v) is 11.5. The number of aromatic nitrogens is 2. The van der Waals surface area contributed by atoms with Gasteiger partial charge in [-0.05, 0) is 14.1 Å². The summed E-state index contributed by atoms with van der Waals surface area (Å²) in [4.78, 5) is 12.6. The molecule has 0 saturated carbocycles. The van der Waals surface area contributed by atoms with Crippen LogP contribution in [-0.2, 0) is 0 Å². The van der Waals surface area contributed by atoms with Gasteiger partial charge in [0.15, 0.2) is 11.0 Å². The number of halogens is 1. The van der Waals surface area contributed by atoms with Crippen molar-refractivity contribution in [1.29, 1.82) is 0 Å². The van der Waals surface area contributed by atoms with Crippen LogP contribution in [0, 0.1) is 0 Å². The molecule has 0 amide bonds.